The van der Waals surface area contributed by atoms with Crippen LogP contribution in [0.3, 0.4) is 0 Å². The lowest BCUT2D eigenvalue weighted by molar-refractivity contribution is -0.138. The molecule has 2 rings (SSSR count). The van der Waals surface area contributed by atoms with Gasteiger partial charge in [0.2, 0.25) is 0 Å². The molecule has 0 radical (unpaired) electrons. The van der Waals surface area contributed by atoms with E-state index in [1.807, 2.05) is 13.8 Å². The van der Waals surface area contributed by atoms with Gasteiger partial charge in [0.1, 0.15) is 0 Å². The van der Waals surface area contributed by atoms with E-state index in [2.05, 4.69) is 10.3 Å². The van der Waals surface area contributed by atoms with Crippen molar-refractivity contribution in [3.63, 3.8) is 0 Å². The van der Waals surface area contributed by atoms with Gasteiger partial charge in [-0.1, -0.05) is 13.8 Å². The van der Waals surface area contributed by atoms with E-state index in [1.54, 1.807) is 0 Å². The van der Waals surface area contributed by atoms with Crippen molar-refractivity contribution in [2.45, 2.75) is 45.3 Å². The molecule has 1 aromatic heterocycles. The molecule has 1 heterocycles. The summed E-state index contributed by atoms with van der Waals surface area (Å²) in [4.78, 5) is 3.89. The molecule has 1 fully saturated rings. The maximum Gasteiger partial charge on any atom is 0.416 e. The van der Waals surface area contributed by atoms with Gasteiger partial charge in [-0.05, 0) is 37.3 Å². The molecule has 2 nitrogen and oxygen atoms in total. The Bertz CT molecular complexity index is 439. The standard InChI is InChI=1S/C14H19F3N2/c1-3-7-19-12(13(2)5-6-13)10-9-18-8-4-11(10)14(15,16)17/h4,8-9,12,19H,3,5-7H2,1-2H3. The molecule has 1 N–H and O–H groups in total. The topological polar surface area (TPSA) is 24.9 Å². The summed E-state index contributed by atoms with van der Waals surface area (Å²) >= 11 is 0. The molecule has 1 aromatic rings. The number of nitrogens with zero attached hydrogens (tertiary/aromatic N) is 1. The van der Waals surface area contributed by atoms with Crippen molar-refractivity contribution in [3.8, 4) is 0 Å². The second kappa shape index (κ2) is 5.12. The summed E-state index contributed by atoms with van der Waals surface area (Å²) in [5, 5.41) is 3.26. The number of hydrogen-bond acceptors (Lipinski definition) is 2. The maximum absolute atomic E-state index is 13.1. The van der Waals surface area contributed by atoms with E-state index in [4.69, 9.17) is 0 Å². The Morgan fingerprint density at radius 2 is 2.11 bits per heavy atom. The summed E-state index contributed by atoms with van der Waals surface area (Å²) in [6, 6.07) is 0.805. The molecule has 1 saturated carbocycles. The highest BCUT2D eigenvalue weighted by Crippen LogP contribution is 2.55. The van der Waals surface area contributed by atoms with Gasteiger partial charge < -0.3 is 5.32 Å². The number of halogens is 3. The van der Waals surface area contributed by atoms with Crippen LogP contribution in [0.25, 0.3) is 0 Å². The normalized spacial score (nSPS) is 19.2. The minimum Gasteiger partial charge on any atom is -0.309 e. The first kappa shape index (κ1) is 14.3. The third-order valence-corrected chi connectivity index (χ3v) is 3.80. The van der Waals surface area contributed by atoms with Crippen LogP contribution in [0, 0.1) is 5.41 Å². The smallest absolute Gasteiger partial charge is 0.309 e. The summed E-state index contributed by atoms with van der Waals surface area (Å²) < 4.78 is 39.3. The molecule has 1 aliphatic carbocycles. The average Bonchev–Trinajstić information content (AvgIpc) is 3.08. The molecule has 19 heavy (non-hydrogen) atoms. The average molecular weight is 272 g/mol. The Balaban J connectivity index is 2.36. The van der Waals surface area contributed by atoms with Crippen LogP contribution in [-0.4, -0.2) is 11.5 Å². The molecule has 1 unspecified atom stereocenters. The zero-order valence-corrected chi connectivity index (χ0v) is 11.2. The lowest BCUT2D eigenvalue weighted by Gasteiger charge is -2.27. The number of hydrogen-bond donors (Lipinski definition) is 1. The molecule has 5 heteroatoms. The summed E-state index contributed by atoms with van der Waals surface area (Å²) in [5.41, 5.74) is -0.356. The Morgan fingerprint density at radius 1 is 1.42 bits per heavy atom. The Kier molecular flexibility index (Phi) is 3.85. The van der Waals surface area contributed by atoms with Crippen molar-refractivity contribution in [2.24, 2.45) is 5.41 Å². The van der Waals surface area contributed by atoms with Crippen molar-refractivity contribution < 1.29 is 13.2 Å². The molecular formula is C14H19F3N2. The summed E-state index contributed by atoms with van der Waals surface area (Å²) in [6.07, 6.45) is 1.06. The van der Waals surface area contributed by atoms with Gasteiger partial charge in [-0.15, -0.1) is 0 Å². The molecule has 1 aliphatic rings. The van der Waals surface area contributed by atoms with Crippen molar-refractivity contribution in [3.05, 3.63) is 29.6 Å². The Hall–Kier alpha value is -1.10. The number of pyridine rings is 1. The van der Waals surface area contributed by atoms with E-state index in [1.165, 1.54) is 12.4 Å². The van der Waals surface area contributed by atoms with E-state index in [9.17, 15) is 13.2 Å². The fraction of sp³-hybridized carbons (Fsp3) is 0.643. The molecule has 0 amide bonds. The highest BCUT2D eigenvalue weighted by atomic mass is 19.4. The molecule has 0 aromatic carbocycles. The Labute approximate surface area is 111 Å². The van der Waals surface area contributed by atoms with Crippen LogP contribution >= 0.6 is 0 Å². The first-order chi connectivity index (χ1) is 8.88. The van der Waals surface area contributed by atoms with Crippen molar-refractivity contribution in [2.75, 3.05) is 6.54 Å². The van der Waals surface area contributed by atoms with Crippen molar-refractivity contribution in [1.82, 2.24) is 10.3 Å². The van der Waals surface area contributed by atoms with Crippen LogP contribution in [0.2, 0.25) is 0 Å². The quantitative estimate of drug-likeness (QED) is 0.878. The Morgan fingerprint density at radius 3 is 2.63 bits per heavy atom. The van der Waals surface area contributed by atoms with Gasteiger partial charge in [-0.25, -0.2) is 0 Å². The predicted octanol–water partition coefficient (Wildman–Crippen LogP) is 3.94. The van der Waals surface area contributed by atoms with E-state index in [0.29, 0.717) is 6.54 Å². The van der Waals surface area contributed by atoms with Gasteiger partial charge in [0, 0.05) is 24.0 Å². The van der Waals surface area contributed by atoms with Crippen LogP contribution in [0.15, 0.2) is 18.5 Å². The minimum absolute atomic E-state index is 0.0712. The van der Waals surface area contributed by atoms with Crippen LogP contribution in [0.4, 0.5) is 13.2 Å². The molecular weight excluding hydrogens is 253 g/mol. The molecule has 106 valence electrons. The number of alkyl halides is 3. The van der Waals surface area contributed by atoms with Gasteiger partial charge in [0.05, 0.1) is 5.56 Å². The third kappa shape index (κ3) is 3.08. The van der Waals surface area contributed by atoms with E-state index < -0.39 is 11.7 Å². The molecule has 0 aliphatic heterocycles. The minimum atomic E-state index is -4.32. The number of nitrogens with one attached hydrogen (secondary N) is 1. The molecule has 0 saturated heterocycles. The summed E-state index contributed by atoms with van der Waals surface area (Å²) in [6.45, 7) is 4.76. The fourth-order valence-corrected chi connectivity index (χ4v) is 2.40. The maximum atomic E-state index is 13.1. The van der Waals surface area contributed by atoms with E-state index in [0.717, 1.165) is 25.3 Å². The highest BCUT2D eigenvalue weighted by Gasteiger charge is 2.48. The number of rotatable bonds is 5. The van der Waals surface area contributed by atoms with Crippen LogP contribution in [0.1, 0.15) is 50.3 Å². The zero-order chi connectivity index (χ0) is 14.1. The van der Waals surface area contributed by atoms with E-state index >= 15 is 0 Å². The van der Waals surface area contributed by atoms with Gasteiger partial charge in [-0.3, -0.25) is 4.98 Å². The second-order valence-electron chi connectivity index (χ2n) is 5.50. The second-order valence-corrected chi connectivity index (χ2v) is 5.50. The van der Waals surface area contributed by atoms with Crippen LogP contribution in [0.5, 0.6) is 0 Å². The molecule has 1 atom stereocenters. The molecule has 0 bridgehead atoms. The SMILES string of the molecule is CCCNC(c1cnccc1C(F)(F)F)C1(C)CC1. The van der Waals surface area contributed by atoms with Gasteiger partial charge >= 0.3 is 6.18 Å². The van der Waals surface area contributed by atoms with Gasteiger partial charge in [0.15, 0.2) is 0 Å². The molecule has 0 spiro atoms. The van der Waals surface area contributed by atoms with Crippen LogP contribution < -0.4 is 5.32 Å². The number of aromatic nitrogens is 1. The summed E-state index contributed by atoms with van der Waals surface area (Å²) in [5.74, 6) is 0. The predicted molar refractivity (Wildman–Crippen MR) is 67.6 cm³/mol. The lowest BCUT2D eigenvalue weighted by atomic mass is 9.89. The van der Waals surface area contributed by atoms with E-state index in [-0.39, 0.29) is 17.0 Å². The van der Waals surface area contributed by atoms with Crippen molar-refractivity contribution >= 4 is 0 Å². The lowest BCUT2D eigenvalue weighted by Crippen LogP contribution is -2.31. The van der Waals surface area contributed by atoms with Gasteiger partial charge in [0.25, 0.3) is 0 Å². The largest absolute Gasteiger partial charge is 0.416 e. The summed E-state index contributed by atoms with van der Waals surface area (Å²) in [7, 11) is 0. The first-order valence-corrected chi connectivity index (χ1v) is 6.63. The third-order valence-electron chi connectivity index (χ3n) is 3.80. The zero-order valence-electron chi connectivity index (χ0n) is 11.2. The monoisotopic (exact) mass is 272 g/mol. The fourth-order valence-electron chi connectivity index (χ4n) is 2.40. The van der Waals surface area contributed by atoms with Gasteiger partial charge in [-0.2, -0.15) is 13.2 Å². The first-order valence-electron chi connectivity index (χ1n) is 6.63. The highest BCUT2D eigenvalue weighted by molar-refractivity contribution is 5.32. The van der Waals surface area contributed by atoms with Crippen molar-refractivity contribution in [1.29, 1.82) is 0 Å². The van der Waals surface area contributed by atoms with Crippen LogP contribution in [-0.2, 0) is 6.18 Å².